The van der Waals surface area contributed by atoms with Crippen molar-refractivity contribution in [1.82, 2.24) is 0 Å². The second-order valence-corrected chi connectivity index (χ2v) is 8.13. The molecule has 0 aliphatic carbocycles. The molecular weight excluding hydrogens is 436 g/mol. The molecule has 0 saturated heterocycles. The average Bonchev–Trinajstić information content (AvgIpc) is 2.90. The van der Waals surface area contributed by atoms with Gasteiger partial charge in [0.05, 0.1) is 0 Å². The van der Waals surface area contributed by atoms with Crippen molar-refractivity contribution in [1.29, 1.82) is 0 Å². The van der Waals surface area contributed by atoms with Gasteiger partial charge in [0, 0.05) is 11.1 Å². The molecule has 0 aliphatic heterocycles. The Morgan fingerprint density at radius 1 is 0.657 bits per heavy atom. The summed E-state index contributed by atoms with van der Waals surface area (Å²) in [6.45, 7) is -0.0393. The molecule has 5 rings (SSSR count). The minimum absolute atomic E-state index is 0.385. The number of carboxylic acids is 1. The lowest BCUT2D eigenvalue weighted by atomic mass is 9.92. The van der Waals surface area contributed by atoms with Crippen LogP contribution in [0.3, 0.4) is 0 Å². The quantitative estimate of drug-likeness (QED) is 0.266. The monoisotopic (exact) mass is 460 g/mol. The van der Waals surface area contributed by atoms with Gasteiger partial charge in [0.15, 0.2) is 6.61 Å². The summed E-state index contributed by atoms with van der Waals surface area (Å²) in [6.07, 6.45) is 4.01. The van der Waals surface area contributed by atoms with E-state index in [0.717, 1.165) is 38.2 Å². The summed E-state index contributed by atoms with van der Waals surface area (Å²) in [4.78, 5) is 11.3. The molecule has 0 aromatic heterocycles. The first-order valence-electron chi connectivity index (χ1n) is 11.4. The SMILES string of the molecule is O=C(O)COc1ccc2ccccc2c1-c1c(OC/C=C/c2ccccc2)ccc2ccccc12. The fraction of sp³-hybridized carbons (Fsp3) is 0.0645. The van der Waals surface area contributed by atoms with Crippen LogP contribution in [0.4, 0.5) is 0 Å². The van der Waals surface area contributed by atoms with Crippen LogP contribution in [0.25, 0.3) is 38.7 Å². The van der Waals surface area contributed by atoms with E-state index in [1.165, 1.54) is 0 Å². The van der Waals surface area contributed by atoms with Crippen molar-refractivity contribution in [2.45, 2.75) is 0 Å². The van der Waals surface area contributed by atoms with Gasteiger partial charge in [0.1, 0.15) is 18.1 Å². The van der Waals surface area contributed by atoms with E-state index in [1.54, 1.807) is 0 Å². The topological polar surface area (TPSA) is 55.8 Å². The Morgan fingerprint density at radius 3 is 1.80 bits per heavy atom. The third-order valence-corrected chi connectivity index (χ3v) is 5.83. The predicted molar refractivity (Wildman–Crippen MR) is 141 cm³/mol. The first-order chi connectivity index (χ1) is 17.2. The third-order valence-electron chi connectivity index (χ3n) is 5.83. The number of carbonyl (C=O) groups is 1. The Morgan fingerprint density at radius 2 is 1.20 bits per heavy atom. The van der Waals surface area contributed by atoms with Gasteiger partial charge in [0.2, 0.25) is 0 Å². The van der Waals surface area contributed by atoms with Gasteiger partial charge in [0.25, 0.3) is 0 Å². The molecule has 5 aromatic rings. The van der Waals surface area contributed by atoms with Crippen LogP contribution < -0.4 is 9.47 Å². The minimum Gasteiger partial charge on any atom is -0.489 e. The molecule has 1 N–H and O–H groups in total. The normalized spacial score (nSPS) is 11.2. The van der Waals surface area contributed by atoms with Gasteiger partial charge in [-0.1, -0.05) is 97.1 Å². The van der Waals surface area contributed by atoms with Gasteiger partial charge in [-0.2, -0.15) is 0 Å². The van der Waals surface area contributed by atoms with E-state index in [-0.39, 0.29) is 0 Å². The predicted octanol–water partition coefficient (Wildman–Crippen LogP) is 7.22. The molecule has 172 valence electrons. The van der Waals surface area contributed by atoms with Crippen LogP contribution in [-0.4, -0.2) is 24.3 Å². The van der Waals surface area contributed by atoms with Crippen LogP contribution in [0.5, 0.6) is 11.5 Å². The molecule has 0 saturated carbocycles. The van der Waals surface area contributed by atoms with Crippen LogP contribution in [0.15, 0.2) is 109 Å². The zero-order valence-electron chi connectivity index (χ0n) is 19.1. The standard InChI is InChI=1S/C31H24O4/c32-29(33)21-35-28-19-17-24-13-5-7-15-26(24)31(28)30-25-14-6-4-12-23(25)16-18-27(30)34-20-8-11-22-9-2-1-3-10-22/h1-19H,20-21H2,(H,32,33)/b11-8+. The zero-order valence-corrected chi connectivity index (χ0v) is 19.1. The lowest BCUT2D eigenvalue weighted by molar-refractivity contribution is -0.139. The highest BCUT2D eigenvalue weighted by Crippen LogP contribution is 2.45. The van der Waals surface area contributed by atoms with E-state index in [0.29, 0.717) is 18.1 Å². The molecule has 0 radical (unpaired) electrons. The number of carboxylic acid groups (broad SMARTS) is 1. The van der Waals surface area contributed by atoms with Crippen LogP contribution in [0, 0.1) is 0 Å². The lowest BCUT2D eigenvalue weighted by Crippen LogP contribution is -2.10. The number of ether oxygens (including phenoxy) is 2. The molecule has 0 unspecified atom stereocenters. The number of fused-ring (bicyclic) bond motifs is 2. The van der Waals surface area contributed by atoms with Gasteiger partial charge < -0.3 is 14.6 Å². The molecule has 0 atom stereocenters. The molecule has 0 spiro atoms. The first-order valence-corrected chi connectivity index (χ1v) is 11.4. The number of hydrogen-bond donors (Lipinski definition) is 1. The van der Waals surface area contributed by atoms with Crippen molar-refractivity contribution in [3.8, 4) is 22.6 Å². The summed E-state index contributed by atoms with van der Waals surface area (Å²) < 4.78 is 12.1. The molecule has 4 nitrogen and oxygen atoms in total. The molecule has 0 amide bonds. The van der Waals surface area contributed by atoms with Crippen molar-refractivity contribution >= 4 is 33.6 Å². The smallest absolute Gasteiger partial charge is 0.341 e. The molecule has 35 heavy (non-hydrogen) atoms. The summed E-state index contributed by atoms with van der Waals surface area (Å²) in [5.74, 6) is 0.189. The van der Waals surface area contributed by atoms with E-state index < -0.39 is 12.6 Å². The largest absolute Gasteiger partial charge is 0.489 e. The third kappa shape index (κ3) is 4.87. The van der Waals surface area contributed by atoms with E-state index >= 15 is 0 Å². The highest BCUT2D eigenvalue weighted by atomic mass is 16.5. The summed E-state index contributed by atoms with van der Waals surface area (Å²) in [7, 11) is 0. The van der Waals surface area contributed by atoms with Crippen molar-refractivity contribution in [2.75, 3.05) is 13.2 Å². The number of rotatable bonds is 8. The van der Waals surface area contributed by atoms with Crippen LogP contribution in [0.2, 0.25) is 0 Å². The highest BCUT2D eigenvalue weighted by Gasteiger charge is 2.19. The van der Waals surface area contributed by atoms with Gasteiger partial charge >= 0.3 is 5.97 Å². The minimum atomic E-state index is -1.02. The van der Waals surface area contributed by atoms with E-state index in [1.807, 2.05) is 103 Å². The van der Waals surface area contributed by atoms with Crippen molar-refractivity contribution in [3.05, 3.63) is 115 Å². The summed E-state index contributed by atoms with van der Waals surface area (Å²) >= 11 is 0. The maximum atomic E-state index is 11.3. The summed E-state index contributed by atoms with van der Waals surface area (Å²) in [6, 6.07) is 34.0. The number of aliphatic carboxylic acids is 1. The Hall–Kier alpha value is -4.57. The molecule has 0 heterocycles. The van der Waals surface area contributed by atoms with Crippen molar-refractivity contribution < 1.29 is 19.4 Å². The number of hydrogen-bond acceptors (Lipinski definition) is 3. The maximum absolute atomic E-state index is 11.3. The van der Waals surface area contributed by atoms with Crippen molar-refractivity contribution in [2.24, 2.45) is 0 Å². The Labute approximate surface area is 203 Å². The van der Waals surface area contributed by atoms with Crippen molar-refractivity contribution in [3.63, 3.8) is 0 Å². The molecule has 0 fully saturated rings. The Balaban J connectivity index is 1.64. The van der Waals surface area contributed by atoms with E-state index in [2.05, 4.69) is 12.1 Å². The van der Waals surface area contributed by atoms with Crippen LogP contribution in [0.1, 0.15) is 5.56 Å². The molecular formula is C31H24O4. The summed E-state index contributed by atoms with van der Waals surface area (Å²) in [5, 5.41) is 13.3. The molecule has 5 aromatic carbocycles. The average molecular weight is 461 g/mol. The zero-order chi connectivity index (χ0) is 24.0. The maximum Gasteiger partial charge on any atom is 0.341 e. The van der Waals surface area contributed by atoms with Gasteiger partial charge in [-0.3, -0.25) is 0 Å². The Kier molecular flexibility index (Phi) is 6.44. The van der Waals surface area contributed by atoms with Gasteiger partial charge in [-0.25, -0.2) is 4.79 Å². The molecule has 4 heteroatoms. The second-order valence-electron chi connectivity index (χ2n) is 8.13. The van der Waals surface area contributed by atoms with Crippen LogP contribution in [-0.2, 0) is 4.79 Å². The summed E-state index contributed by atoms with van der Waals surface area (Å²) in [5.41, 5.74) is 2.81. The molecule has 0 bridgehead atoms. The highest BCUT2D eigenvalue weighted by molar-refractivity contribution is 6.09. The first kappa shape index (κ1) is 22.2. The van der Waals surface area contributed by atoms with Gasteiger partial charge in [-0.05, 0) is 45.3 Å². The second kappa shape index (κ2) is 10.1. The van der Waals surface area contributed by atoms with E-state index in [9.17, 15) is 9.90 Å². The fourth-order valence-corrected chi connectivity index (χ4v) is 4.29. The fourth-order valence-electron chi connectivity index (χ4n) is 4.29. The lowest BCUT2D eigenvalue weighted by Gasteiger charge is -2.19. The molecule has 0 aliphatic rings. The Bertz CT molecular complexity index is 1520. The van der Waals surface area contributed by atoms with Gasteiger partial charge in [-0.15, -0.1) is 0 Å². The van der Waals surface area contributed by atoms with E-state index in [4.69, 9.17) is 9.47 Å². The van der Waals surface area contributed by atoms with Crippen LogP contribution >= 0.6 is 0 Å². The number of benzene rings is 5.